The maximum absolute atomic E-state index is 11.5. The van der Waals surface area contributed by atoms with Crippen molar-refractivity contribution in [2.75, 3.05) is 12.4 Å². The third kappa shape index (κ3) is 3.75. The number of hydrogen-bond donors (Lipinski definition) is 2. The zero-order valence-electron chi connectivity index (χ0n) is 13.0. The van der Waals surface area contributed by atoms with Crippen LogP contribution in [0.5, 0.6) is 0 Å². The first kappa shape index (κ1) is 16.3. The van der Waals surface area contributed by atoms with E-state index >= 15 is 0 Å². The molecular weight excluding hydrogens is 284 g/mol. The molecule has 2 N–H and O–H groups in total. The lowest BCUT2D eigenvalue weighted by Crippen LogP contribution is -2.30. The smallest absolute Gasteiger partial charge is 0.339 e. The highest BCUT2D eigenvalue weighted by Gasteiger charge is 2.27. The molecule has 1 fully saturated rings. The standard InChI is InChI=1S/C16H22N2O4/c1-3-11-8-9-13(15(19)20)14(17-11)18-12-6-4-10(5-7-12)16(21)22-2/h8-10,12H,3-7H2,1-2H3,(H,17,18)(H,19,20). The monoisotopic (exact) mass is 306 g/mol. The number of carboxylic acids is 1. The van der Waals surface area contributed by atoms with Gasteiger partial charge in [0, 0.05) is 11.7 Å². The fraction of sp³-hybridized carbons (Fsp3) is 0.562. The Kier molecular flexibility index (Phi) is 5.35. The van der Waals surface area contributed by atoms with Gasteiger partial charge < -0.3 is 15.2 Å². The number of anilines is 1. The van der Waals surface area contributed by atoms with E-state index in [2.05, 4.69) is 10.3 Å². The zero-order chi connectivity index (χ0) is 16.1. The van der Waals surface area contributed by atoms with Gasteiger partial charge in [-0.05, 0) is 44.2 Å². The van der Waals surface area contributed by atoms with Crippen LogP contribution in [0.4, 0.5) is 5.82 Å². The average molecular weight is 306 g/mol. The predicted molar refractivity (Wildman–Crippen MR) is 82.0 cm³/mol. The SMILES string of the molecule is CCc1ccc(C(=O)O)c(NC2CCC(C(=O)OC)CC2)n1. The van der Waals surface area contributed by atoms with E-state index in [0.29, 0.717) is 5.82 Å². The number of nitrogens with one attached hydrogen (secondary N) is 1. The topological polar surface area (TPSA) is 88.5 Å². The van der Waals surface area contributed by atoms with E-state index in [4.69, 9.17) is 4.74 Å². The van der Waals surface area contributed by atoms with Crippen LogP contribution in [0, 0.1) is 5.92 Å². The number of rotatable bonds is 5. The van der Waals surface area contributed by atoms with Crippen LogP contribution in [0.3, 0.4) is 0 Å². The van der Waals surface area contributed by atoms with Crippen molar-refractivity contribution in [1.82, 2.24) is 4.98 Å². The van der Waals surface area contributed by atoms with Gasteiger partial charge in [0.2, 0.25) is 0 Å². The number of ether oxygens (including phenoxy) is 1. The van der Waals surface area contributed by atoms with Crippen molar-refractivity contribution in [3.63, 3.8) is 0 Å². The molecule has 2 rings (SSSR count). The summed E-state index contributed by atoms with van der Waals surface area (Å²) in [4.78, 5) is 27.2. The molecule has 0 atom stereocenters. The highest BCUT2D eigenvalue weighted by molar-refractivity contribution is 5.93. The second-order valence-corrected chi connectivity index (χ2v) is 5.57. The first-order valence-electron chi connectivity index (χ1n) is 7.62. The number of nitrogens with zero attached hydrogens (tertiary/aromatic N) is 1. The summed E-state index contributed by atoms with van der Waals surface area (Å²) in [6.07, 6.45) is 3.86. The van der Waals surface area contributed by atoms with Gasteiger partial charge in [-0.2, -0.15) is 0 Å². The minimum atomic E-state index is -0.985. The van der Waals surface area contributed by atoms with Crippen molar-refractivity contribution >= 4 is 17.8 Å². The normalized spacial score (nSPS) is 21.2. The Hall–Kier alpha value is -2.11. The molecule has 0 aliphatic heterocycles. The van der Waals surface area contributed by atoms with Crippen molar-refractivity contribution in [3.8, 4) is 0 Å². The Morgan fingerprint density at radius 2 is 2.00 bits per heavy atom. The highest BCUT2D eigenvalue weighted by atomic mass is 16.5. The third-order valence-corrected chi connectivity index (χ3v) is 4.15. The number of aromatic carboxylic acids is 1. The molecular formula is C16H22N2O4. The summed E-state index contributed by atoms with van der Waals surface area (Å²) in [6, 6.07) is 3.47. The number of pyridine rings is 1. The number of aromatic nitrogens is 1. The van der Waals surface area contributed by atoms with Gasteiger partial charge in [-0.15, -0.1) is 0 Å². The van der Waals surface area contributed by atoms with Crippen molar-refractivity contribution in [2.45, 2.75) is 45.1 Å². The Morgan fingerprint density at radius 1 is 1.32 bits per heavy atom. The van der Waals surface area contributed by atoms with Crippen molar-refractivity contribution in [3.05, 3.63) is 23.4 Å². The van der Waals surface area contributed by atoms with Crippen LogP contribution in [0.1, 0.15) is 48.7 Å². The van der Waals surface area contributed by atoms with Gasteiger partial charge in [-0.25, -0.2) is 9.78 Å². The summed E-state index contributed by atoms with van der Waals surface area (Å²) < 4.78 is 4.77. The molecule has 1 saturated carbocycles. The molecule has 0 radical (unpaired) electrons. The first-order chi connectivity index (χ1) is 10.5. The summed E-state index contributed by atoms with van der Waals surface area (Å²) in [5, 5.41) is 12.5. The second-order valence-electron chi connectivity index (χ2n) is 5.57. The van der Waals surface area contributed by atoms with Gasteiger partial charge in [0.1, 0.15) is 11.4 Å². The van der Waals surface area contributed by atoms with Crippen molar-refractivity contribution in [2.24, 2.45) is 5.92 Å². The number of carboxylic acid groups (broad SMARTS) is 1. The molecule has 22 heavy (non-hydrogen) atoms. The van der Waals surface area contributed by atoms with E-state index in [1.807, 2.05) is 6.92 Å². The lowest BCUT2D eigenvalue weighted by atomic mass is 9.86. The number of methoxy groups -OCH3 is 1. The summed E-state index contributed by atoms with van der Waals surface area (Å²) in [5.41, 5.74) is 1.04. The summed E-state index contributed by atoms with van der Waals surface area (Å²) >= 11 is 0. The molecule has 6 nitrogen and oxygen atoms in total. The molecule has 1 aliphatic carbocycles. The van der Waals surface area contributed by atoms with E-state index in [1.54, 1.807) is 12.1 Å². The minimum absolute atomic E-state index is 0.0445. The maximum Gasteiger partial charge on any atom is 0.339 e. The van der Waals surface area contributed by atoms with Crippen LogP contribution < -0.4 is 5.32 Å². The largest absolute Gasteiger partial charge is 0.478 e. The molecule has 0 bridgehead atoms. The van der Waals surface area contributed by atoms with Gasteiger partial charge in [0.15, 0.2) is 0 Å². The van der Waals surface area contributed by atoms with E-state index in [-0.39, 0.29) is 23.5 Å². The molecule has 0 spiro atoms. The summed E-state index contributed by atoms with van der Waals surface area (Å²) in [6.45, 7) is 1.98. The van der Waals surface area contributed by atoms with E-state index < -0.39 is 5.97 Å². The molecule has 0 amide bonds. The molecule has 1 aromatic heterocycles. The average Bonchev–Trinajstić information content (AvgIpc) is 2.54. The molecule has 0 aromatic carbocycles. The molecule has 1 heterocycles. The van der Waals surface area contributed by atoms with Crippen LogP contribution in [-0.4, -0.2) is 35.2 Å². The molecule has 6 heteroatoms. The maximum atomic E-state index is 11.5. The predicted octanol–water partition coefficient (Wildman–Crippen LogP) is 2.49. The Balaban J connectivity index is 2.05. The van der Waals surface area contributed by atoms with Crippen LogP contribution in [-0.2, 0) is 16.0 Å². The molecule has 1 aliphatic rings. The fourth-order valence-electron chi connectivity index (χ4n) is 2.81. The first-order valence-corrected chi connectivity index (χ1v) is 7.62. The van der Waals surface area contributed by atoms with Crippen molar-refractivity contribution in [1.29, 1.82) is 0 Å². The van der Waals surface area contributed by atoms with Crippen LogP contribution in [0.25, 0.3) is 0 Å². The minimum Gasteiger partial charge on any atom is -0.478 e. The second kappa shape index (κ2) is 7.24. The van der Waals surface area contributed by atoms with Crippen LogP contribution >= 0.6 is 0 Å². The number of carbonyl (C=O) groups excluding carboxylic acids is 1. The van der Waals surface area contributed by atoms with Gasteiger partial charge in [-0.1, -0.05) is 6.92 Å². The van der Waals surface area contributed by atoms with Gasteiger partial charge >= 0.3 is 11.9 Å². The highest BCUT2D eigenvalue weighted by Crippen LogP contribution is 2.28. The van der Waals surface area contributed by atoms with Gasteiger partial charge in [-0.3, -0.25) is 4.79 Å². The molecule has 120 valence electrons. The number of carbonyl (C=O) groups is 2. The van der Waals surface area contributed by atoms with Gasteiger partial charge in [0.05, 0.1) is 13.0 Å². The fourth-order valence-corrected chi connectivity index (χ4v) is 2.81. The number of esters is 1. The van der Waals surface area contributed by atoms with Gasteiger partial charge in [0.25, 0.3) is 0 Å². The quantitative estimate of drug-likeness (QED) is 0.813. The lowest BCUT2D eigenvalue weighted by Gasteiger charge is -2.28. The zero-order valence-corrected chi connectivity index (χ0v) is 13.0. The Morgan fingerprint density at radius 3 is 2.55 bits per heavy atom. The number of aryl methyl sites for hydroxylation is 1. The summed E-state index contributed by atoms with van der Waals surface area (Å²) in [7, 11) is 1.41. The van der Waals surface area contributed by atoms with E-state index in [1.165, 1.54) is 7.11 Å². The van der Waals surface area contributed by atoms with Crippen LogP contribution in [0.15, 0.2) is 12.1 Å². The summed E-state index contributed by atoms with van der Waals surface area (Å²) in [5.74, 6) is -0.762. The molecule has 0 unspecified atom stereocenters. The molecule has 1 aromatic rings. The van der Waals surface area contributed by atoms with E-state index in [9.17, 15) is 14.7 Å². The third-order valence-electron chi connectivity index (χ3n) is 4.15. The Bertz CT molecular complexity index is 551. The Labute approximate surface area is 129 Å². The lowest BCUT2D eigenvalue weighted by molar-refractivity contribution is -0.146. The number of hydrogen-bond acceptors (Lipinski definition) is 5. The molecule has 0 saturated heterocycles. The van der Waals surface area contributed by atoms with Crippen molar-refractivity contribution < 1.29 is 19.4 Å². The van der Waals surface area contributed by atoms with Crippen LogP contribution in [0.2, 0.25) is 0 Å². The van der Waals surface area contributed by atoms with E-state index in [0.717, 1.165) is 37.8 Å².